The first-order chi connectivity index (χ1) is 15.3. The standard InChI is InChI=1S/C23H27N5O3S/c1-16(2)21-25-22(27-26-21)18-6-8-20(9-7-18)24-23(29)19-5-3-4-17(14-19)15-28-10-12-32(30,31)13-11-28/h3-9,14,16H,10-13,15H2,1-2H3,(H,24,29)(H,25,26,27). The lowest BCUT2D eigenvalue weighted by Crippen LogP contribution is -2.39. The van der Waals surface area contributed by atoms with Gasteiger partial charge in [-0.05, 0) is 42.0 Å². The summed E-state index contributed by atoms with van der Waals surface area (Å²) in [6, 6.07) is 14.9. The molecule has 2 heterocycles. The summed E-state index contributed by atoms with van der Waals surface area (Å²) in [6.45, 7) is 5.75. The fourth-order valence-corrected chi connectivity index (χ4v) is 4.83. The average Bonchev–Trinajstić information content (AvgIpc) is 3.27. The molecule has 0 bridgehead atoms. The van der Waals surface area contributed by atoms with Crippen molar-refractivity contribution in [3.8, 4) is 11.4 Å². The molecule has 1 aliphatic rings. The third kappa shape index (κ3) is 5.41. The molecule has 2 aromatic carbocycles. The number of aromatic amines is 1. The summed E-state index contributed by atoms with van der Waals surface area (Å²) in [5, 5.41) is 10.1. The van der Waals surface area contributed by atoms with Gasteiger partial charge in [0.1, 0.15) is 0 Å². The van der Waals surface area contributed by atoms with Crippen LogP contribution >= 0.6 is 0 Å². The minimum absolute atomic E-state index is 0.190. The summed E-state index contributed by atoms with van der Waals surface area (Å²) in [7, 11) is -2.90. The maximum absolute atomic E-state index is 12.7. The highest BCUT2D eigenvalue weighted by atomic mass is 32.2. The number of H-pyrrole nitrogens is 1. The van der Waals surface area contributed by atoms with E-state index in [-0.39, 0.29) is 23.3 Å². The average molecular weight is 454 g/mol. The molecule has 8 nitrogen and oxygen atoms in total. The highest BCUT2D eigenvalue weighted by Gasteiger charge is 2.21. The lowest BCUT2D eigenvalue weighted by Gasteiger charge is -2.26. The van der Waals surface area contributed by atoms with Crippen molar-refractivity contribution in [3.05, 3.63) is 65.5 Å². The van der Waals surface area contributed by atoms with E-state index in [4.69, 9.17) is 0 Å². The normalized spacial score (nSPS) is 16.2. The molecule has 0 spiro atoms. The number of rotatable bonds is 6. The van der Waals surface area contributed by atoms with Crippen LogP contribution in [-0.2, 0) is 16.4 Å². The number of carbonyl (C=O) groups excluding carboxylic acids is 1. The van der Waals surface area contributed by atoms with Crippen LogP contribution < -0.4 is 5.32 Å². The van der Waals surface area contributed by atoms with Crippen molar-refractivity contribution in [2.45, 2.75) is 26.3 Å². The number of aromatic nitrogens is 3. The van der Waals surface area contributed by atoms with Gasteiger partial charge in [-0.1, -0.05) is 26.0 Å². The van der Waals surface area contributed by atoms with E-state index in [1.807, 2.05) is 56.3 Å². The summed E-state index contributed by atoms with van der Waals surface area (Å²) in [6.07, 6.45) is 0. The van der Waals surface area contributed by atoms with Gasteiger partial charge in [0.25, 0.3) is 5.91 Å². The topological polar surface area (TPSA) is 108 Å². The van der Waals surface area contributed by atoms with Crippen molar-refractivity contribution in [1.29, 1.82) is 0 Å². The molecule has 0 atom stereocenters. The number of benzene rings is 2. The largest absolute Gasteiger partial charge is 0.322 e. The monoisotopic (exact) mass is 453 g/mol. The Bertz CT molecular complexity index is 1190. The Kier molecular flexibility index (Phi) is 6.38. The quantitative estimate of drug-likeness (QED) is 0.594. The summed E-state index contributed by atoms with van der Waals surface area (Å²) in [5.74, 6) is 1.90. The second-order valence-corrected chi connectivity index (χ2v) is 10.7. The van der Waals surface area contributed by atoms with Crippen LogP contribution in [0.3, 0.4) is 0 Å². The molecule has 168 valence electrons. The number of carbonyl (C=O) groups is 1. The second kappa shape index (κ2) is 9.22. The van der Waals surface area contributed by atoms with Gasteiger partial charge < -0.3 is 5.32 Å². The number of anilines is 1. The van der Waals surface area contributed by atoms with E-state index in [0.29, 0.717) is 36.7 Å². The third-order valence-corrected chi connectivity index (χ3v) is 7.08. The zero-order valence-electron chi connectivity index (χ0n) is 18.2. The van der Waals surface area contributed by atoms with E-state index >= 15 is 0 Å². The molecule has 32 heavy (non-hydrogen) atoms. The van der Waals surface area contributed by atoms with Crippen LogP contribution in [0.2, 0.25) is 0 Å². The summed E-state index contributed by atoms with van der Waals surface area (Å²) in [5.41, 5.74) is 3.13. The molecule has 0 saturated carbocycles. The Morgan fingerprint density at radius 1 is 1.12 bits per heavy atom. The zero-order chi connectivity index (χ0) is 22.7. The number of hydrogen-bond acceptors (Lipinski definition) is 6. The molecule has 9 heteroatoms. The molecule has 0 unspecified atom stereocenters. The van der Waals surface area contributed by atoms with Crippen molar-refractivity contribution in [3.63, 3.8) is 0 Å². The molecule has 1 saturated heterocycles. The van der Waals surface area contributed by atoms with Crippen LogP contribution in [-0.4, -0.2) is 59.0 Å². The van der Waals surface area contributed by atoms with Gasteiger partial charge in [0, 0.05) is 42.4 Å². The molecular formula is C23H27N5O3S. The van der Waals surface area contributed by atoms with Gasteiger partial charge in [-0.2, -0.15) is 5.10 Å². The zero-order valence-corrected chi connectivity index (χ0v) is 19.0. The SMILES string of the molecule is CC(C)c1n[nH]c(-c2ccc(NC(=O)c3cccc(CN4CCS(=O)(=O)CC4)c3)cc2)n1. The van der Waals surface area contributed by atoms with E-state index in [2.05, 4.69) is 25.4 Å². The van der Waals surface area contributed by atoms with Gasteiger partial charge in [-0.15, -0.1) is 0 Å². The molecule has 1 aliphatic heterocycles. The van der Waals surface area contributed by atoms with E-state index in [1.165, 1.54) is 0 Å². The fraction of sp³-hybridized carbons (Fsp3) is 0.348. The van der Waals surface area contributed by atoms with E-state index in [9.17, 15) is 13.2 Å². The van der Waals surface area contributed by atoms with Crippen molar-refractivity contribution in [2.75, 3.05) is 29.9 Å². The Morgan fingerprint density at radius 3 is 2.50 bits per heavy atom. The number of nitrogens with zero attached hydrogens (tertiary/aromatic N) is 3. The predicted octanol–water partition coefficient (Wildman–Crippen LogP) is 3.08. The van der Waals surface area contributed by atoms with Crippen LogP contribution in [0.4, 0.5) is 5.69 Å². The van der Waals surface area contributed by atoms with Crippen LogP contribution in [0.1, 0.15) is 41.5 Å². The van der Waals surface area contributed by atoms with Crippen molar-refractivity contribution >= 4 is 21.4 Å². The van der Waals surface area contributed by atoms with Crippen LogP contribution in [0.15, 0.2) is 48.5 Å². The summed E-state index contributed by atoms with van der Waals surface area (Å²) in [4.78, 5) is 19.3. The summed E-state index contributed by atoms with van der Waals surface area (Å²) < 4.78 is 23.2. The molecule has 0 radical (unpaired) electrons. The lowest BCUT2D eigenvalue weighted by atomic mass is 10.1. The van der Waals surface area contributed by atoms with Gasteiger partial charge >= 0.3 is 0 Å². The Hall–Kier alpha value is -3.04. The highest BCUT2D eigenvalue weighted by molar-refractivity contribution is 7.91. The number of nitrogens with one attached hydrogen (secondary N) is 2. The van der Waals surface area contributed by atoms with Gasteiger partial charge in [0.05, 0.1) is 11.5 Å². The molecule has 0 aliphatic carbocycles. The van der Waals surface area contributed by atoms with Gasteiger partial charge in [-0.25, -0.2) is 13.4 Å². The molecule has 4 rings (SSSR count). The molecule has 3 aromatic rings. The number of hydrogen-bond donors (Lipinski definition) is 2. The van der Waals surface area contributed by atoms with Crippen molar-refractivity contribution < 1.29 is 13.2 Å². The maximum atomic E-state index is 12.7. The van der Waals surface area contributed by atoms with Crippen molar-refractivity contribution in [2.24, 2.45) is 0 Å². The minimum Gasteiger partial charge on any atom is -0.322 e. The van der Waals surface area contributed by atoms with Gasteiger partial charge in [-0.3, -0.25) is 14.8 Å². The van der Waals surface area contributed by atoms with Crippen LogP contribution in [0.5, 0.6) is 0 Å². The second-order valence-electron chi connectivity index (χ2n) is 8.36. The first-order valence-corrected chi connectivity index (χ1v) is 12.5. The van der Waals surface area contributed by atoms with Gasteiger partial charge in [0.15, 0.2) is 21.5 Å². The predicted molar refractivity (Wildman–Crippen MR) is 124 cm³/mol. The fourth-order valence-electron chi connectivity index (χ4n) is 3.55. The lowest BCUT2D eigenvalue weighted by molar-refractivity contribution is 0.102. The Balaban J connectivity index is 1.39. The highest BCUT2D eigenvalue weighted by Crippen LogP contribution is 2.20. The van der Waals surface area contributed by atoms with Crippen LogP contribution in [0.25, 0.3) is 11.4 Å². The van der Waals surface area contributed by atoms with Crippen molar-refractivity contribution in [1.82, 2.24) is 20.1 Å². The first kappa shape index (κ1) is 22.2. The molecule has 1 fully saturated rings. The first-order valence-electron chi connectivity index (χ1n) is 10.6. The van der Waals surface area contributed by atoms with E-state index < -0.39 is 9.84 Å². The molecular weight excluding hydrogens is 426 g/mol. The van der Waals surface area contributed by atoms with Crippen LogP contribution in [0, 0.1) is 0 Å². The minimum atomic E-state index is -2.90. The van der Waals surface area contributed by atoms with Gasteiger partial charge in [0.2, 0.25) is 0 Å². The molecule has 1 aromatic heterocycles. The third-order valence-electron chi connectivity index (χ3n) is 5.47. The Morgan fingerprint density at radius 2 is 1.84 bits per heavy atom. The Labute approximate surface area is 188 Å². The van der Waals surface area contributed by atoms with E-state index in [0.717, 1.165) is 17.0 Å². The number of amides is 1. The molecule has 2 N–H and O–H groups in total. The smallest absolute Gasteiger partial charge is 0.255 e. The maximum Gasteiger partial charge on any atom is 0.255 e. The summed E-state index contributed by atoms with van der Waals surface area (Å²) >= 11 is 0. The van der Waals surface area contributed by atoms with E-state index in [1.54, 1.807) is 6.07 Å². The number of sulfone groups is 1. The molecule has 1 amide bonds.